The monoisotopic (exact) mass is 454 g/mol. The normalized spacial score (nSPS) is 12.1. The number of aryl methyl sites for hydroxylation is 1. The van der Waals surface area contributed by atoms with E-state index in [9.17, 15) is 9.59 Å². The van der Waals surface area contributed by atoms with E-state index in [2.05, 4.69) is 5.16 Å². The van der Waals surface area contributed by atoms with E-state index < -0.39 is 5.97 Å². The molecule has 0 bridgehead atoms. The third-order valence-corrected chi connectivity index (χ3v) is 5.47. The van der Waals surface area contributed by atoms with Crippen LogP contribution in [-0.4, -0.2) is 35.6 Å². The molecule has 0 heterocycles. The number of amides is 1. The van der Waals surface area contributed by atoms with Gasteiger partial charge in [0.25, 0.3) is 5.91 Å². The molecule has 0 unspecified atom stereocenters. The van der Waals surface area contributed by atoms with Gasteiger partial charge in [-0.1, -0.05) is 95.6 Å². The summed E-state index contributed by atoms with van der Waals surface area (Å²) in [5.41, 5.74) is 4.93. The number of hydrogen-bond donors (Lipinski definition) is 0. The predicted molar refractivity (Wildman–Crippen MR) is 137 cm³/mol. The van der Waals surface area contributed by atoms with Gasteiger partial charge >= 0.3 is 5.97 Å². The van der Waals surface area contributed by atoms with E-state index >= 15 is 0 Å². The van der Waals surface area contributed by atoms with Crippen LogP contribution in [0.25, 0.3) is 11.1 Å². The summed E-state index contributed by atoms with van der Waals surface area (Å²) in [7, 11) is 0. The lowest BCUT2D eigenvalue weighted by Crippen LogP contribution is -2.32. The van der Waals surface area contributed by atoms with E-state index in [4.69, 9.17) is 4.84 Å². The molecule has 0 aliphatic heterocycles. The van der Waals surface area contributed by atoms with Crippen LogP contribution in [0.4, 0.5) is 0 Å². The van der Waals surface area contributed by atoms with Gasteiger partial charge in [-0.25, -0.2) is 4.79 Å². The second kappa shape index (κ2) is 11.8. The number of likely N-dealkylation sites (N-methyl/N-ethyl adjacent to an activating group) is 1. The van der Waals surface area contributed by atoms with Gasteiger partial charge in [-0.15, -0.1) is 0 Å². The maximum absolute atomic E-state index is 14.0. The van der Waals surface area contributed by atoms with Crippen LogP contribution in [0.3, 0.4) is 0 Å². The second-order valence-corrected chi connectivity index (χ2v) is 7.85. The Morgan fingerprint density at radius 3 is 1.74 bits per heavy atom. The number of benzene rings is 3. The molecule has 174 valence electrons. The zero-order valence-electron chi connectivity index (χ0n) is 20.1. The van der Waals surface area contributed by atoms with Gasteiger partial charge in [0.15, 0.2) is 0 Å². The number of carbonyl (C=O) groups is 2. The highest BCUT2D eigenvalue weighted by atomic mass is 16.7. The molecule has 3 rings (SSSR count). The number of oxime groups is 1. The lowest BCUT2D eigenvalue weighted by molar-refractivity contribution is -0.140. The zero-order chi connectivity index (χ0) is 24.5. The highest BCUT2D eigenvalue weighted by molar-refractivity contribution is 6.45. The number of nitrogens with zero attached hydrogens (tertiary/aromatic N) is 2. The molecule has 0 spiro atoms. The molecular weight excluding hydrogens is 424 g/mol. The van der Waals surface area contributed by atoms with Gasteiger partial charge in [0.1, 0.15) is 5.71 Å². The van der Waals surface area contributed by atoms with Crippen molar-refractivity contribution in [3.63, 3.8) is 0 Å². The number of hydrogen-bond acceptors (Lipinski definition) is 4. The van der Waals surface area contributed by atoms with Crippen molar-refractivity contribution in [2.45, 2.75) is 27.7 Å². The topological polar surface area (TPSA) is 59.0 Å². The highest BCUT2D eigenvalue weighted by Crippen LogP contribution is 2.32. The Kier molecular flexibility index (Phi) is 8.52. The predicted octanol–water partition coefficient (Wildman–Crippen LogP) is 5.74. The zero-order valence-corrected chi connectivity index (χ0v) is 20.1. The minimum Gasteiger partial charge on any atom is -0.339 e. The molecule has 0 aliphatic carbocycles. The van der Waals surface area contributed by atoms with Crippen LogP contribution in [0.1, 0.15) is 43.0 Å². The lowest BCUT2D eigenvalue weighted by Gasteiger charge is -2.24. The van der Waals surface area contributed by atoms with Crippen molar-refractivity contribution >= 4 is 28.7 Å². The molecule has 0 atom stereocenters. The number of rotatable bonds is 8. The highest BCUT2D eigenvalue weighted by Gasteiger charge is 2.27. The largest absolute Gasteiger partial charge is 0.339 e. The van der Waals surface area contributed by atoms with E-state index in [1.165, 1.54) is 6.92 Å². The Hall–Kier alpha value is -3.99. The first kappa shape index (κ1) is 24.6. The number of allylic oxidation sites excluding steroid dienone is 1. The fraction of sp³-hybridized carbons (Fsp3) is 0.207. The van der Waals surface area contributed by atoms with Gasteiger partial charge in [0.05, 0.1) is 5.57 Å². The smallest absolute Gasteiger partial charge is 0.332 e. The van der Waals surface area contributed by atoms with E-state index in [0.29, 0.717) is 29.9 Å². The van der Waals surface area contributed by atoms with Gasteiger partial charge in [-0.3, -0.25) is 4.79 Å². The molecule has 34 heavy (non-hydrogen) atoms. The average molecular weight is 455 g/mol. The van der Waals surface area contributed by atoms with Crippen LogP contribution in [0.15, 0.2) is 90.1 Å². The van der Waals surface area contributed by atoms with Crippen LogP contribution in [0.2, 0.25) is 0 Å². The summed E-state index contributed by atoms with van der Waals surface area (Å²) in [6.45, 7) is 8.36. The molecule has 1 amide bonds. The Morgan fingerprint density at radius 1 is 0.735 bits per heavy atom. The minimum absolute atomic E-state index is 0.113. The first-order chi connectivity index (χ1) is 16.5. The fourth-order valence-corrected chi connectivity index (χ4v) is 3.72. The minimum atomic E-state index is -0.534. The van der Waals surface area contributed by atoms with Gasteiger partial charge in [-0.05, 0) is 31.9 Å². The van der Waals surface area contributed by atoms with Crippen molar-refractivity contribution in [3.05, 3.63) is 107 Å². The maximum atomic E-state index is 14.0. The Labute approximate surface area is 201 Å². The first-order valence-electron chi connectivity index (χ1n) is 11.4. The third kappa shape index (κ3) is 5.87. The van der Waals surface area contributed by atoms with Crippen molar-refractivity contribution in [1.29, 1.82) is 0 Å². The standard InChI is InChI=1S/C29H30N2O3/c1-5-31(6-2)29(33)27(23-13-9-7-10-14-23)26(24-19-17-21(3)18-20-24)28(30-34-22(4)32)25-15-11-8-12-16-25/h7-20H,5-6H2,1-4H3/b27-26+,30-28+. The summed E-state index contributed by atoms with van der Waals surface area (Å²) in [4.78, 5) is 32.6. The van der Waals surface area contributed by atoms with Crippen molar-refractivity contribution < 1.29 is 14.4 Å². The molecule has 0 aliphatic rings. The van der Waals surface area contributed by atoms with E-state index in [1.54, 1.807) is 4.90 Å². The van der Waals surface area contributed by atoms with Crippen molar-refractivity contribution in [2.75, 3.05) is 13.1 Å². The van der Waals surface area contributed by atoms with Gasteiger partial charge < -0.3 is 9.74 Å². The summed E-state index contributed by atoms with van der Waals surface area (Å²) in [6.07, 6.45) is 0. The van der Waals surface area contributed by atoms with Gasteiger partial charge in [0, 0.05) is 31.1 Å². The second-order valence-electron chi connectivity index (χ2n) is 7.85. The molecular formula is C29H30N2O3. The molecule has 0 fully saturated rings. The molecule has 5 heteroatoms. The van der Waals surface area contributed by atoms with Gasteiger partial charge in [0.2, 0.25) is 0 Å². The quantitative estimate of drug-likeness (QED) is 0.143. The average Bonchev–Trinajstić information content (AvgIpc) is 2.86. The molecule has 3 aromatic carbocycles. The molecule has 5 nitrogen and oxygen atoms in total. The summed E-state index contributed by atoms with van der Waals surface area (Å²) < 4.78 is 0. The summed E-state index contributed by atoms with van der Waals surface area (Å²) in [6, 6.07) is 26.9. The van der Waals surface area contributed by atoms with Crippen molar-refractivity contribution in [3.8, 4) is 0 Å². The SMILES string of the molecule is CCN(CC)C(=O)/C(=C(/C(=N/OC(C)=O)c1ccccc1)c1ccc(C)cc1)c1ccccc1. The van der Waals surface area contributed by atoms with E-state index in [0.717, 1.165) is 22.3 Å². The summed E-state index contributed by atoms with van der Waals surface area (Å²) in [5, 5.41) is 4.27. The molecule has 0 aromatic heterocycles. The molecule has 0 radical (unpaired) electrons. The van der Waals surface area contributed by atoms with Crippen LogP contribution in [-0.2, 0) is 14.4 Å². The van der Waals surface area contributed by atoms with Crippen LogP contribution >= 0.6 is 0 Å². The molecule has 0 N–H and O–H groups in total. The van der Waals surface area contributed by atoms with Crippen LogP contribution < -0.4 is 0 Å². The Balaban J connectivity index is 2.45. The van der Waals surface area contributed by atoms with E-state index in [1.807, 2.05) is 106 Å². The fourth-order valence-electron chi connectivity index (χ4n) is 3.72. The molecule has 0 saturated heterocycles. The van der Waals surface area contributed by atoms with Crippen molar-refractivity contribution in [1.82, 2.24) is 4.90 Å². The van der Waals surface area contributed by atoms with Crippen LogP contribution in [0, 0.1) is 6.92 Å². The van der Waals surface area contributed by atoms with Crippen molar-refractivity contribution in [2.24, 2.45) is 5.16 Å². The summed E-state index contributed by atoms with van der Waals surface area (Å²) >= 11 is 0. The molecule has 3 aromatic rings. The number of carbonyl (C=O) groups excluding carboxylic acids is 2. The Morgan fingerprint density at radius 2 is 1.24 bits per heavy atom. The van der Waals surface area contributed by atoms with Crippen LogP contribution in [0.5, 0.6) is 0 Å². The van der Waals surface area contributed by atoms with Gasteiger partial charge in [-0.2, -0.15) is 0 Å². The first-order valence-corrected chi connectivity index (χ1v) is 11.4. The third-order valence-electron chi connectivity index (χ3n) is 5.47. The lowest BCUT2D eigenvalue weighted by atomic mass is 9.87. The maximum Gasteiger partial charge on any atom is 0.332 e. The Bertz CT molecular complexity index is 1180. The molecule has 0 saturated carbocycles. The summed E-state index contributed by atoms with van der Waals surface area (Å²) in [5.74, 6) is -0.647. The van der Waals surface area contributed by atoms with E-state index in [-0.39, 0.29) is 5.91 Å².